The van der Waals surface area contributed by atoms with Gasteiger partial charge in [-0.3, -0.25) is 10.1 Å². The SMILES string of the molecule is CNS(=O)(=O)c1ccc(N(CCO)[C@@H]2CCC[C@H]2C)c([N+](=O)[O-])c1. The van der Waals surface area contributed by atoms with E-state index in [9.17, 15) is 23.6 Å². The molecule has 0 saturated heterocycles. The lowest BCUT2D eigenvalue weighted by molar-refractivity contribution is -0.384. The fraction of sp³-hybridized carbons (Fsp3) is 0.600. The summed E-state index contributed by atoms with van der Waals surface area (Å²) in [6.07, 6.45) is 2.97. The summed E-state index contributed by atoms with van der Waals surface area (Å²) in [7, 11) is -2.50. The minimum absolute atomic E-state index is 0.0996. The lowest BCUT2D eigenvalue weighted by atomic mass is 10.0. The summed E-state index contributed by atoms with van der Waals surface area (Å²) >= 11 is 0. The summed E-state index contributed by atoms with van der Waals surface area (Å²) in [4.78, 5) is 12.6. The first-order chi connectivity index (χ1) is 11.3. The lowest BCUT2D eigenvalue weighted by Gasteiger charge is -2.33. The van der Waals surface area contributed by atoms with E-state index in [1.807, 2.05) is 4.90 Å². The van der Waals surface area contributed by atoms with Gasteiger partial charge in [0.2, 0.25) is 10.0 Å². The Labute approximate surface area is 141 Å². The molecular formula is C15H23N3O5S. The van der Waals surface area contributed by atoms with Gasteiger partial charge in [-0.1, -0.05) is 13.3 Å². The van der Waals surface area contributed by atoms with E-state index in [1.54, 1.807) is 0 Å². The number of anilines is 1. The van der Waals surface area contributed by atoms with Crippen molar-refractivity contribution in [1.82, 2.24) is 4.72 Å². The molecule has 134 valence electrons. The highest BCUT2D eigenvalue weighted by atomic mass is 32.2. The Hall–Kier alpha value is -1.71. The van der Waals surface area contributed by atoms with Gasteiger partial charge in [-0.2, -0.15) is 0 Å². The first kappa shape index (κ1) is 18.6. The number of aliphatic hydroxyl groups excluding tert-OH is 1. The predicted octanol–water partition coefficient (Wildman–Crippen LogP) is 1.49. The van der Waals surface area contributed by atoms with Crippen LogP contribution in [0.1, 0.15) is 26.2 Å². The van der Waals surface area contributed by atoms with Crippen molar-refractivity contribution in [2.24, 2.45) is 5.92 Å². The number of sulfonamides is 1. The molecule has 0 bridgehead atoms. The summed E-state index contributed by atoms with van der Waals surface area (Å²) in [5, 5.41) is 20.9. The van der Waals surface area contributed by atoms with Crippen LogP contribution in [-0.2, 0) is 10.0 Å². The second kappa shape index (κ2) is 7.45. The van der Waals surface area contributed by atoms with Crippen LogP contribution in [0.4, 0.5) is 11.4 Å². The second-order valence-electron chi connectivity index (χ2n) is 6.01. The summed E-state index contributed by atoms with van der Waals surface area (Å²) in [6, 6.07) is 3.99. The van der Waals surface area contributed by atoms with E-state index in [1.165, 1.54) is 19.2 Å². The topological polar surface area (TPSA) is 113 Å². The fourth-order valence-corrected chi connectivity index (χ4v) is 4.09. The van der Waals surface area contributed by atoms with Crippen molar-refractivity contribution in [2.45, 2.75) is 37.1 Å². The summed E-state index contributed by atoms with van der Waals surface area (Å²) < 4.78 is 26.0. The van der Waals surface area contributed by atoms with Gasteiger partial charge >= 0.3 is 0 Å². The van der Waals surface area contributed by atoms with Gasteiger partial charge in [-0.25, -0.2) is 13.1 Å². The molecule has 2 atom stereocenters. The number of hydrogen-bond donors (Lipinski definition) is 2. The maximum atomic E-state index is 11.9. The largest absolute Gasteiger partial charge is 0.395 e. The van der Waals surface area contributed by atoms with Gasteiger partial charge in [0, 0.05) is 18.7 Å². The van der Waals surface area contributed by atoms with Crippen molar-refractivity contribution < 1.29 is 18.4 Å². The van der Waals surface area contributed by atoms with Crippen LogP contribution in [0.5, 0.6) is 0 Å². The molecule has 1 saturated carbocycles. The number of benzene rings is 1. The van der Waals surface area contributed by atoms with Crippen molar-refractivity contribution in [3.05, 3.63) is 28.3 Å². The van der Waals surface area contributed by atoms with E-state index in [4.69, 9.17) is 0 Å². The Bertz CT molecular complexity index is 707. The number of nitrogens with one attached hydrogen (secondary N) is 1. The standard InChI is InChI=1S/C15H23N3O5S/c1-11-4-3-5-13(11)17(8-9-19)14-7-6-12(24(22,23)16-2)10-15(14)18(20)21/h6-7,10-11,13,16,19H,3-5,8-9H2,1-2H3/t11-,13-/m1/s1. The van der Waals surface area contributed by atoms with Crippen LogP contribution >= 0.6 is 0 Å². The molecule has 9 heteroatoms. The van der Waals surface area contributed by atoms with Crippen molar-refractivity contribution in [3.8, 4) is 0 Å². The van der Waals surface area contributed by atoms with Crippen LogP contribution in [-0.4, -0.2) is 44.7 Å². The lowest BCUT2D eigenvalue weighted by Crippen LogP contribution is -2.39. The molecule has 1 aromatic rings. The zero-order valence-corrected chi connectivity index (χ0v) is 14.6. The van der Waals surface area contributed by atoms with Gasteiger partial charge in [0.1, 0.15) is 5.69 Å². The monoisotopic (exact) mass is 357 g/mol. The van der Waals surface area contributed by atoms with Crippen LogP contribution in [0.15, 0.2) is 23.1 Å². The Morgan fingerprint density at radius 2 is 2.12 bits per heavy atom. The molecule has 24 heavy (non-hydrogen) atoms. The average molecular weight is 357 g/mol. The van der Waals surface area contributed by atoms with E-state index in [2.05, 4.69) is 11.6 Å². The molecule has 2 rings (SSSR count). The molecule has 8 nitrogen and oxygen atoms in total. The molecule has 1 aromatic carbocycles. The van der Waals surface area contributed by atoms with Crippen LogP contribution in [0, 0.1) is 16.0 Å². The average Bonchev–Trinajstić information content (AvgIpc) is 2.97. The van der Waals surface area contributed by atoms with Crippen molar-refractivity contribution in [3.63, 3.8) is 0 Å². The first-order valence-corrected chi connectivity index (χ1v) is 9.39. The number of nitrogens with zero attached hydrogens (tertiary/aromatic N) is 2. The van der Waals surface area contributed by atoms with Gasteiger partial charge < -0.3 is 10.0 Å². The van der Waals surface area contributed by atoms with Gasteiger partial charge in [-0.15, -0.1) is 0 Å². The molecule has 0 aromatic heterocycles. The van der Waals surface area contributed by atoms with Crippen molar-refractivity contribution in [2.75, 3.05) is 25.1 Å². The van der Waals surface area contributed by atoms with Gasteiger partial charge in [-0.05, 0) is 37.9 Å². The maximum absolute atomic E-state index is 11.9. The summed E-state index contributed by atoms with van der Waals surface area (Å²) in [6.45, 7) is 2.23. The maximum Gasteiger partial charge on any atom is 0.293 e. The fourth-order valence-electron chi connectivity index (χ4n) is 3.34. The predicted molar refractivity (Wildman–Crippen MR) is 90.6 cm³/mol. The molecule has 0 unspecified atom stereocenters. The molecule has 0 heterocycles. The molecule has 1 aliphatic carbocycles. The van der Waals surface area contributed by atoms with Crippen LogP contribution in [0.3, 0.4) is 0 Å². The molecule has 0 spiro atoms. The highest BCUT2D eigenvalue weighted by molar-refractivity contribution is 7.89. The van der Waals surface area contributed by atoms with E-state index < -0.39 is 14.9 Å². The Kier molecular flexibility index (Phi) is 5.79. The normalized spacial score (nSPS) is 21.0. The third-order valence-electron chi connectivity index (χ3n) is 4.59. The van der Waals surface area contributed by atoms with Crippen molar-refractivity contribution >= 4 is 21.4 Å². The Morgan fingerprint density at radius 1 is 1.42 bits per heavy atom. The number of hydrogen-bond acceptors (Lipinski definition) is 6. The summed E-state index contributed by atoms with van der Waals surface area (Å²) in [5.41, 5.74) is 0.0849. The van der Waals surface area contributed by atoms with Gasteiger partial charge in [0.15, 0.2) is 0 Å². The second-order valence-corrected chi connectivity index (χ2v) is 7.89. The highest BCUT2D eigenvalue weighted by Gasteiger charge is 2.33. The van der Waals surface area contributed by atoms with Crippen LogP contribution in [0.25, 0.3) is 0 Å². The minimum Gasteiger partial charge on any atom is -0.395 e. The quantitative estimate of drug-likeness (QED) is 0.565. The Morgan fingerprint density at radius 3 is 2.62 bits per heavy atom. The number of nitro groups is 1. The van der Waals surface area contributed by atoms with E-state index in [0.29, 0.717) is 11.6 Å². The molecule has 2 N–H and O–H groups in total. The van der Waals surface area contributed by atoms with E-state index >= 15 is 0 Å². The zero-order valence-electron chi connectivity index (χ0n) is 13.8. The molecule has 1 aliphatic rings. The van der Waals surface area contributed by atoms with Gasteiger partial charge in [0.25, 0.3) is 5.69 Å². The van der Waals surface area contributed by atoms with Crippen LogP contribution in [0.2, 0.25) is 0 Å². The molecular weight excluding hydrogens is 334 g/mol. The molecule has 0 aliphatic heterocycles. The molecule has 0 amide bonds. The van der Waals surface area contributed by atoms with Crippen molar-refractivity contribution in [1.29, 1.82) is 0 Å². The smallest absolute Gasteiger partial charge is 0.293 e. The first-order valence-electron chi connectivity index (χ1n) is 7.91. The third-order valence-corrected chi connectivity index (χ3v) is 6.00. The number of rotatable bonds is 7. The summed E-state index contributed by atoms with van der Waals surface area (Å²) in [5.74, 6) is 0.358. The molecule has 0 radical (unpaired) electrons. The Balaban J connectivity index is 2.52. The highest BCUT2D eigenvalue weighted by Crippen LogP contribution is 2.37. The zero-order chi connectivity index (χ0) is 17.9. The van der Waals surface area contributed by atoms with E-state index in [-0.39, 0.29) is 29.8 Å². The van der Waals surface area contributed by atoms with Crippen LogP contribution < -0.4 is 9.62 Å². The minimum atomic E-state index is -3.76. The van der Waals surface area contributed by atoms with E-state index in [0.717, 1.165) is 25.3 Å². The number of aliphatic hydroxyl groups is 1. The third kappa shape index (κ3) is 3.68. The number of nitro benzene ring substituents is 1. The van der Waals surface area contributed by atoms with Gasteiger partial charge in [0.05, 0.1) is 16.4 Å². The molecule has 1 fully saturated rings.